The van der Waals surface area contributed by atoms with Gasteiger partial charge in [0.05, 0.1) is 9.30 Å². The summed E-state index contributed by atoms with van der Waals surface area (Å²) in [6.45, 7) is -2.92. The normalized spacial score (nSPS) is 45.6. The third kappa shape index (κ3) is 1.98. The molecule has 0 aromatic rings. The molecule has 1 heterocycles. The fourth-order valence-electron chi connectivity index (χ4n) is 1.20. The second kappa shape index (κ2) is 4.32. The maximum absolute atomic E-state index is 9.40. The van der Waals surface area contributed by atoms with Gasteiger partial charge in [-0.05, 0) is 0 Å². The lowest BCUT2D eigenvalue weighted by molar-refractivity contribution is -0.166. The second-order valence-electron chi connectivity index (χ2n) is 2.76. The van der Waals surface area contributed by atoms with E-state index < -0.39 is 37.3 Å². The van der Waals surface area contributed by atoms with Crippen LogP contribution in [0.25, 0.3) is 0 Å². The van der Waals surface area contributed by atoms with Crippen LogP contribution in [0.5, 0.6) is 0 Å². The van der Waals surface area contributed by atoms with Crippen molar-refractivity contribution >= 4 is 0 Å². The first-order valence-electron chi connectivity index (χ1n) is 4.74. The van der Waals surface area contributed by atoms with Crippen LogP contribution in [0.3, 0.4) is 0 Å². The molecule has 6 heteroatoms. The van der Waals surface area contributed by atoms with Gasteiger partial charge in [0.15, 0.2) is 6.29 Å². The van der Waals surface area contributed by atoms with E-state index in [1.807, 2.05) is 0 Å². The number of hydrogen-bond acceptors (Lipinski definition) is 6. The summed E-state index contributed by atoms with van der Waals surface area (Å²) in [4.78, 5) is 0. The van der Waals surface area contributed by atoms with Gasteiger partial charge in [-0.3, -0.25) is 0 Å². The van der Waals surface area contributed by atoms with Crippen molar-refractivity contribution < 1.29 is 32.6 Å². The van der Waals surface area contributed by atoms with Crippen LogP contribution in [-0.2, 0) is 9.47 Å². The van der Waals surface area contributed by atoms with Gasteiger partial charge >= 0.3 is 0 Å². The second-order valence-corrected chi connectivity index (χ2v) is 2.76. The van der Waals surface area contributed by atoms with E-state index in [9.17, 15) is 15.3 Å². The minimum atomic E-state index is -2.92. The molecule has 78 valence electrons. The molecule has 6 nitrogen and oxygen atoms in total. The molecule has 1 fully saturated rings. The summed E-state index contributed by atoms with van der Waals surface area (Å²) in [7, 11) is 1.23. The van der Waals surface area contributed by atoms with Gasteiger partial charge in [-0.2, -0.15) is 0 Å². The standard InChI is InChI=1S/C7H14O6/c1-12-7-5(11)4(10)6(13-7)3(9)2-8/h3-11H,2H2,1H3/t3-,4-,5-,6+,7+/m1/s1/i2T2. The van der Waals surface area contributed by atoms with E-state index in [0.29, 0.717) is 0 Å². The van der Waals surface area contributed by atoms with E-state index in [1.165, 1.54) is 7.11 Å². The largest absolute Gasteiger partial charge is 0.394 e. The Hall–Kier alpha value is -0.240. The first kappa shape index (κ1) is 8.10. The highest BCUT2D eigenvalue weighted by molar-refractivity contribution is 4.90. The van der Waals surface area contributed by atoms with Crippen LogP contribution >= 0.6 is 0 Å². The minimum Gasteiger partial charge on any atom is -0.394 e. The van der Waals surface area contributed by atoms with E-state index in [2.05, 4.69) is 4.74 Å². The van der Waals surface area contributed by atoms with Crippen molar-refractivity contribution in [3.05, 3.63) is 0 Å². The van der Waals surface area contributed by atoms with Crippen molar-refractivity contribution in [1.29, 1.82) is 0 Å². The average molecular weight is 198 g/mol. The number of hydrogen-bond donors (Lipinski definition) is 4. The molecule has 0 aromatic heterocycles. The third-order valence-electron chi connectivity index (χ3n) is 1.93. The lowest BCUT2D eigenvalue weighted by atomic mass is 10.1. The van der Waals surface area contributed by atoms with Crippen LogP contribution in [0.2, 0.25) is 0 Å². The first-order valence-corrected chi connectivity index (χ1v) is 3.74. The molecule has 0 amide bonds. The van der Waals surface area contributed by atoms with Crippen LogP contribution < -0.4 is 0 Å². The molecule has 0 unspecified atom stereocenters. The predicted molar refractivity (Wildman–Crippen MR) is 40.8 cm³/mol. The Bertz CT molecular complexity index is 220. The van der Waals surface area contributed by atoms with E-state index in [-0.39, 0.29) is 0 Å². The van der Waals surface area contributed by atoms with Crippen molar-refractivity contribution in [2.24, 2.45) is 0 Å². The van der Waals surface area contributed by atoms with E-state index in [0.717, 1.165) is 0 Å². The highest BCUT2D eigenvalue weighted by Crippen LogP contribution is 2.23. The molecule has 0 radical (unpaired) electrons. The van der Waals surface area contributed by atoms with Crippen LogP contribution in [0.15, 0.2) is 0 Å². The first-order chi connectivity index (χ1) is 6.79. The van der Waals surface area contributed by atoms with Crippen LogP contribution in [0.1, 0.15) is 2.74 Å². The van der Waals surface area contributed by atoms with Gasteiger partial charge in [-0.25, -0.2) is 0 Å². The number of aliphatic hydroxyl groups excluding tert-OH is 3. The maximum atomic E-state index is 9.40. The monoisotopic (exact) mass is 198 g/mol. The number of aliphatic hydroxyl groups is 4. The van der Waals surface area contributed by atoms with Crippen LogP contribution in [0, 0.1) is 0 Å². The molecule has 0 spiro atoms. The Balaban J connectivity index is 2.73. The van der Waals surface area contributed by atoms with Gasteiger partial charge < -0.3 is 29.9 Å². The van der Waals surface area contributed by atoms with Crippen molar-refractivity contribution in [1.82, 2.24) is 0 Å². The molecule has 13 heavy (non-hydrogen) atoms. The highest BCUT2D eigenvalue weighted by atomic mass is 16.7. The topological polar surface area (TPSA) is 99.4 Å². The Kier molecular flexibility index (Phi) is 2.69. The quantitative estimate of drug-likeness (QED) is 0.398. The third-order valence-corrected chi connectivity index (χ3v) is 1.93. The zero-order chi connectivity index (χ0) is 11.8. The Morgan fingerprint density at radius 1 is 1.54 bits per heavy atom. The molecule has 4 N–H and O–H groups in total. The van der Waals surface area contributed by atoms with Crippen molar-refractivity contribution in [2.45, 2.75) is 30.7 Å². The molecule has 1 aliphatic rings. The lowest BCUT2D eigenvalue weighted by Crippen LogP contribution is -2.40. The number of rotatable bonds is 3. The van der Waals surface area contributed by atoms with Gasteiger partial charge in [0.1, 0.15) is 24.4 Å². The molecule has 0 aromatic carbocycles. The van der Waals surface area contributed by atoms with Crippen molar-refractivity contribution in [3.8, 4) is 0 Å². The average Bonchev–Trinajstić information content (AvgIpc) is 2.41. The summed E-state index contributed by atoms with van der Waals surface area (Å²) >= 11 is 0. The zero-order valence-corrected chi connectivity index (χ0v) is 6.99. The fourth-order valence-corrected chi connectivity index (χ4v) is 1.20. The minimum absolute atomic E-state index is 1.15. The highest BCUT2D eigenvalue weighted by Gasteiger charge is 2.45. The molecule has 0 saturated carbocycles. The number of methoxy groups -OCH3 is 1. The molecular weight excluding hydrogens is 180 g/mol. The molecule has 0 bridgehead atoms. The molecule has 5 atom stereocenters. The van der Waals surface area contributed by atoms with Crippen LogP contribution in [-0.4, -0.2) is 64.8 Å². The number of ether oxygens (including phenoxy) is 2. The summed E-state index contributed by atoms with van der Waals surface area (Å²) in [6, 6.07) is 0. The summed E-state index contributed by atoms with van der Waals surface area (Å²) < 4.78 is 23.2. The Morgan fingerprint density at radius 3 is 2.54 bits per heavy atom. The Morgan fingerprint density at radius 2 is 2.15 bits per heavy atom. The van der Waals surface area contributed by atoms with Crippen molar-refractivity contribution in [3.63, 3.8) is 0 Å². The molecular formula is C7H14O6. The van der Waals surface area contributed by atoms with Gasteiger partial charge in [0.25, 0.3) is 0 Å². The van der Waals surface area contributed by atoms with E-state index in [4.69, 9.17) is 12.6 Å². The van der Waals surface area contributed by atoms with Crippen LogP contribution in [0.4, 0.5) is 0 Å². The van der Waals surface area contributed by atoms with Gasteiger partial charge in [0, 0.05) is 7.11 Å². The molecule has 0 aliphatic carbocycles. The van der Waals surface area contributed by atoms with E-state index in [1.54, 1.807) is 0 Å². The summed E-state index contributed by atoms with van der Waals surface area (Å²) in [5.41, 5.74) is 0. The van der Waals surface area contributed by atoms with Crippen molar-refractivity contribution in [2.75, 3.05) is 13.7 Å². The van der Waals surface area contributed by atoms with Gasteiger partial charge in [0.2, 0.25) is 0 Å². The smallest absolute Gasteiger partial charge is 0.186 e. The summed E-state index contributed by atoms with van der Waals surface area (Å²) in [6.07, 6.45) is -7.47. The summed E-state index contributed by atoms with van der Waals surface area (Å²) in [5, 5.41) is 36.9. The Labute approximate surface area is 78.1 Å². The summed E-state index contributed by atoms with van der Waals surface area (Å²) in [5.74, 6) is 0. The molecule has 1 aliphatic heterocycles. The lowest BCUT2D eigenvalue weighted by Gasteiger charge is -2.18. The van der Waals surface area contributed by atoms with E-state index >= 15 is 0 Å². The SMILES string of the molecule is [3H]C([3H])(O)[C@@H](O)[C@@H]1O[C@H](OC)[C@H](O)[C@H]1O. The predicted octanol–water partition coefficient (Wildman–Crippen LogP) is -2.57. The van der Waals surface area contributed by atoms with Gasteiger partial charge in [-0.1, -0.05) is 0 Å². The van der Waals surface area contributed by atoms with Gasteiger partial charge in [-0.15, -0.1) is 0 Å². The fraction of sp³-hybridized carbons (Fsp3) is 1.00. The maximum Gasteiger partial charge on any atom is 0.186 e. The molecule has 1 saturated heterocycles. The molecule has 1 rings (SSSR count). The zero-order valence-electron chi connectivity index (χ0n) is 8.99.